The smallest absolute Gasteiger partial charge is 0.246 e. The van der Waals surface area contributed by atoms with E-state index in [-0.39, 0.29) is 15.6 Å². The van der Waals surface area contributed by atoms with Crippen LogP contribution in [0, 0.1) is 0 Å². The van der Waals surface area contributed by atoms with E-state index in [4.69, 9.17) is 23.2 Å². The summed E-state index contributed by atoms with van der Waals surface area (Å²) in [5.41, 5.74) is 0.0745. The molecule has 0 aliphatic carbocycles. The SMILES string of the molecule is CN(C)S(=O)(=O)c1cc(NS(=O)(=O)CCl)ccc1Cl. The predicted molar refractivity (Wildman–Crippen MR) is 75.6 cm³/mol. The fourth-order valence-corrected chi connectivity index (χ4v) is 3.27. The van der Waals surface area contributed by atoms with Crippen molar-refractivity contribution in [3.05, 3.63) is 23.2 Å². The molecule has 0 radical (unpaired) electrons. The van der Waals surface area contributed by atoms with Crippen LogP contribution in [-0.2, 0) is 20.0 Å². The molecule has 1 aromatic carbocycles. The van der Waals surface area contributed by atoms with Crippen molar-refractivity contribution < 1.29 is 16.8 Å². The number of benzene rings is 1. The van der Waals surface area contributed by atoms with Crippen molar-refractivity contribution in [2.45, 2.75) is 4.90 Å². The first-order valence-electron chi connectivity index (χ1n) is 4.88. The molecule has 0 saturated carbocycles. The highest BCUT2D eigenvalue weighted by Gasteiger charge is 2.21. The number of hydrogen-bond donors (Lipinski definition) is 1. The number of nitrogens with one attached hydrogen (secondary N) is 1. The Hall–Kier alpha value is -0.540. The first kappa shape index (κ1) is 16.5. The van der Waals surface area contributed by atoms with Gasteiger partial charge in [-0.1, -0.05) is 11.6 Å². The number of hydrogen-bond acceptors (Lipinski definition) is 4. The molecule has 0 aromatic heterocycles. The lowest BCUT2D eigenvalue weighted by atomic mass is 10.3. The Balaban J connectivity index is 3.31. The number of halogens is 2. The van der Waals surface area contributed by atoms with Crippen LogP contribution in [0.2, 0.25) is 5.02 Å². The van der Waals surface area contributed by atoms with E-state index in [2.05, 4.69) is 4.72 Å². The van der Waals surface area contributed by atoms with Crippen LogP contribution in [0.25, 0.3) is 0 Å². The van der Waals surface area contributed by atoms with Crippen LogP contribution in [0.4, 0.5) is 5.69 Å². The van der Waals surface area contributed by atoms with Crippen LogP contribution in [0.5, 0.6) is 0 Å². The van der Waals surface area contributed by atoms with E-state index in [1.807, 2.05) is 0 Å². The van der Waals surface area contributed by atoms with E-state index >= 15 is 0 Å². The van der Waals surface area contributed by atoms with E-state index in [0.29, 0.717) is 0 Å². The van der Waals surface area contributed by atoms with Gasteiger partial charge in [0.25, 0.3) is 0 Å². The minimum atomic E-state index is -3.76. The molecule has 0 saturated heterocycles. The van der Waals surface area contributed by atoms with Crippen LogP contribution >= 0.6 is 23.2 Å². The van der Waals surface area contributed by atoms with Gasteiger partial charge in [0, 0.05) is 19.8 Å². The van der Waals surface area contributed by atoms with Gasteiger partial charge in [-0.2, -0.15) is 0 Å². The molecule has 1 aromatic rings. The third-order valence-electron chi connectivity index (χ3n) is 2.11. The normalized spacial score (nSPS) is 12.7. The van der Waals surface area contributed by atoms with Gasteiger partial charge in [0.1, 0.15) is 10.1 Å². The lowest BCUT2D eigenvalue weighted by molar-refractivity contribution is 0.521. The molecular weight excluding hydrogens is 335 g/mol. The van der Waals surface area contributed by atoms with Crippen molar-refractivity contribution >= 4 is 48.9 Å². The van der Waals surface area contributed by atoms with E-state index < -0.39 is 25.3 Å². The molecule has 0 heterocycles. The third kappa shape index (κ3) is 3.96. The van der Waals surface area contributed by atoms with Crippen molar-refractivity contribution in [2.24, 2.45) is 0 Å². The second kappa shape index (κ2) is 5.84. The summed E-state index contributed by atoms with van der Waals surface area (Å²) >= 11 is 11.1. The fraction of sp³-hybridized carbons (Fsp3) is 0.333. The van der Waals surface area contributed by atoms with Gasteiger partial charge < -0.3 is 0 Å². The zero-order valence-corrected chi connectivity index (χ0v) is 13.2. The molecule has 0 fully saturated rings. The highest BCUT2D eigenvalue weighted by molar-refractivity contribution is 7.93. The number of alkyl halides is 1. The Labute approximate surface area is 122 Å². The summed E-state index contributed by atoms with van der Waals surface area (Å²) in [7, 11) is -4.77. The first-order chi connectivity index (χ1) is 8.60. The summed E-state index contributed by atoms with van der Waals surface area (Å²) < 4.78 is 49.7. The molecule has 0 bridgehead atoms. The van der Waals surface area contributed by atoms with E-state index in [9.17, 15) is 16.8 Å². The van der Waals surface area contributed by atoms with E-state index in [1.54, 1.807) is 0 Å². The van der Waals surface area contributed by atoms with Gasteiger partial charge in [-0.25, -0.2) is 21.1 Å². The topological polar surface area (TPSA) is 83.6 Å². The van der Waals surface area contributed by atoms with Gasteiger partial charge in [0.2, 0.25) is 20.0 Å². The fourth-order valence-electron chi connectivity index (χ4n) is 1.17. The zero-order chi connectivity index (χ0) is 14.8. The van der Waals surface area contributed by atoms with Gasteiger partial charge in [0.05, 0.1) is 5.02 Å². The second-order valence-electron chi connectivity index (χ2n) is 3.76. The first-order valence-corrected chi connectivity index (χ1v) is 8.89. The van der Waals surface area contributed by atoms with Gasteiger partial charge in [-0.05, 0) is 18.2 Å². The highest BCUT2D eigenvalue weighted by Crippen LogP contribution is 2.27. The number of rotatable bonds is 5. The van der Waals surface area contributed by atoms with Crippen LogP contribution in [0.3, 0.4) is 0 Å². The number of anilines is 1. The van der Waals surface area contributed by atoms with Crippen molar-refractivity contribution in [3.63, 3.8) is 0 Å². The maximum Gasteiger partial charge on any atom is 0.246 e. The predicted octanol–water partition coefficient (Wildman–Crippen LogP) is 1.53. The Bertz CT molecular complexity index is 671. The molecule has 0 aliphatic rings. The summed E-state index contributed by atoms with van der Waals surface area (Å²) in [4.78, 5) is -0.186. The summed E-state index contributed by atoms with van der Waals surface area (Å²) in [6, 6.07) is 3.78. The van der Waals surface area contributed by atoms with Crippen molar-refractivity contribution in [1.29, 1.82) is 0 Å². The van der Waals surface area contributed by atoms with Crippen LogP contribution < -0.4 is 4.72 Å². The maximum absolute atomic E-state index is 12.0. The zero-order valence-electron chi connectivity index (χ0n) is 10.1. The molecular formula is C9H12Cl2N2O4S2. The Morgan fingerprint density at radius 3 is 2.26 bits per heavy atom. The van der Waals surface area contributed by atoms with Gasteiger partial charge in [-0.15, -0.1) is 11.6 Å². The minimum absolute atomic E-state index is 0.00233. The third-order valence-corrected chi connectivity index (χ3v) is 6.10. The summed E-state index contributed by atoms with van der Waals surface area (Å²) in [6.45, 7) is 0. The molecule has 0 amide bonds. The Morgan fingerprint density at radius 1 is 1.21 bits per heavy atom. The summed E-state index contributed by atoms with van der Waals surface area (Å²) in [6.07, 6.45) is 0. The summed E-state index contributed by atoms with van der Waals surface area (Å²) in [5.74, 6) is 0. The monoisotopic (exact) mass is 346 g/mol. The summed E-state index contributed by atoms with van der Waals surface area (Å²) in [5, 5.41) is -0.631. The van der Waals surface area contributed by atoms with E-state index in [1.165, 1.54) is 26.2 Å². The molecule has 0 aliphatic heterocycles. The molecule has 1 N–H and O–H groups in total. The number of nitrogens with zero attached hydrogens (tertiary/aromatic N) is 1. The standard InChI is InChI=1S/C9H12Cl2N2O4S2/c1-13(2)19(16,17)9-5-7(3-4-8(9)11)12-18(14,15)6-10/h3-5,12H,6H2,1-2H3. The second-order valence-corrected chi connectivity index (χ2v) is 8.59. The molecule has 19 heavy (non-hydrogen) atoms. The van der Waals surface area contributed by atoms with Crippen molar-refractivity contribution in [3.8, 4) is 0 Å². The van der Waals surface area contributed by atoms with Gasteiger partial charge >= 0.3 is 0 Å². The van der Waals surface area contributed by atoms with Crippen molar-refractivity contribution in [1.82, 2.24) is 4.31 Å². The van der Waals surface area contributed by atoms with Crippen LogP contribution in [-0.4, -0.2) is 40.4 Å². The van der Waals surface area contributed by atoms with Crippen LogP contribution in [0.1, 0.15) is 0 Å². The molecule has 0 spiro atoms. The Kier molecular flexibility index (Phi) is 5.08. The highest BCUT2D eigenvalue weighted by atomic mass is 35.5. The van der Waals surface area contributed by atoms with Gasteiger partial charge in [0.15, 0.2) is 0 Å². The lowest BCUT2D eigenvalue weighted by Gasteiger charge is -2.14. The largest absolute Gasteiger partial charge is 0.283 e. The average molecular weight is 347 g/mol. The quantitative estimate of drug-likeness (QED) is 0.819. The molecule has 108 valence electrons. The van der Waals surface area contributed by atoms with Gasteiger partial charge in [-0.3, -0.25) is 4.72 Å². The lowest BCUT2D eigenvalue weighted by Crippen LogP contribution is -2.23. The average Bonchev–Trinajstić information content (AvgIpc) is 2.31. The number of sulfonamides is 2. The molecule has 6 nitrogen and oxygen atoms in total. The van der Waals surface area contributed by atoms with Crippen LogP contribution in [0.15, 0.2) is 23.1 Å². The Morgan fingerprint density at radius 2 is 1.79 bits per heavy atom. The molecule has 0 unspecified atom stereocenters. The molecule has 10 heteroatoms. The molecule has 1 rings (SSSR count). The maximum atomic E-state index is 12.0. The minimum Gasteiger partial charge on any atom is -0.283 e. The van der Waals surface area contributed by atoms with E-state index in [0.717, 1.165) is 10.4 Å². The van der Waals surface area contributed by atoms with Crippen molar-refractivity contribution in [2.75, 3.05) is 24.0 Å². The molecule has 0 atom stereocenters.